The summed E-state index contributed by atoms with van der Waals surface area (Å²) >= 11 is 0. The Morgan fingerprint density at radius 2 is 1.20 bits per heavy atom. The van der Waals surface area contributed by atoms with E-state index in [-0.39, 0.29) is 76.9 Å². The molecule has 2 unspecified atom stereocenters. The first-order valence-electron chi connectivity index (χ1n) is 18.6. The molecule has 0 spiro atoms. The monoisotopic (exact) mass is 803 g/mol. The number of methoxy groups -OCH3 is 3. The third-order valence-electron chi connectivity index (χ3n) is 8.46. The number of carbonyl (C=O) groups excluding carboxylic acids is 4. The van der Waals surface area contributed by atoms with Crippen LogP contribution in [0.5, 0.6) is 0 Å². The van der Waals surface area contributed by atoms with Crippen LogP contribution in [-0.4, -0.2) is 166 Å². The van der Waals surface area contributed by atoms with Crippen molar-refractivity contribution in [2.75, 3.05) is 125 Å². The van der Waals surface area contributed by atoms with E-state index < -0.39 is 31.4 Å². The molecule has 0 heterocycles. The van der Waals surface area contributed by atoms with Crippen molar-refractivity contribution < 1.29 is 61.6 Å². The van der Waals surface area contributed by atoms with Gasteiger partial charge in [-0.05, 0) is 49.8 Å². The zero-order valence-corrected chi connectivity index (χ0v) is 33.6. The first-order chi connectivity index (χ1) is 26.4. The van der Waals surface area contributed by atoms with Crippen molar-refractivity contribution in [2.45, 2.75) is 44.2 Å². The maximum Gasteiger partial charge on any atom is 0.325 e. The van der Waals surface area contributed by atoms with Crippen LogP contribution >= 0.6 is 7.60 Å². The zero-order valence-electron chi connectivity index (χ0n) is 32.7. The number of rotatable bonds is 30. The average molecular weight is 804 g/mol. The van der Waals surface area contributed by atoms with E-state index in [0.29, 0.717) is 71.0 Å². The molecular formula is C36H62N5O13P. The summed E-state index contributed by atoms with van der Waals surface area (Å²) in [6.07, 6.45) is 1.86. The van der Waals surface area contributed by atoms with E-state index in [0.717, 1.165) is 12.2 Å². The molecule has 4 amide bonds. The summed E-state index contributed by atoms with van der Waals surface area (Å²) in [7, 11) is 1.10. The summed E-state index contributed by atoms with van der Waals surface area (Å²) in [6.45, 7) is 4.40. The Morgan fingerprint density at radius 3 is 1.65 bits per heavy atom. The van der Waals surface area contributed by atoms with E-state index in [1.54, 1.807) is 45.6 Å². The molecule has 18 nitrogen and oxygen atoms in total. The van der Waals surface area contributed by atoms with E-state index in [1.807, 2.05) is 0 Å². The van der Waals surface area contributed by atoms with Gasteiger partial charge in [0.25, 0.3) is 0 Å². The maximum absolute atomic E-state index is 13.8. The highest BCUT2D eigenvalue weighted by Crippen LogP contribution is 2.42. The van der Waals surface area contributed by atoms with E-state index in [9.17, 15) is 28.6 Å². The topological polar surface area (TPSA) is 222 Å². The second kappa shape index (κ2) is 28.4. The Labute approximate surface area is 324 Å². The van der Waals surface area contributed by atoms with Crippen molar-refractivity contribution in [1.29, 1.82) is 0 Å². The summed E-state index contributed by atoms with van der Waals surface area (Å²) in [5, 5.41) is 11.4. The summed E-state index contributed by atoms with van der Waals surface area (Å²) in [5.41, 5.74) is 1.29. The summed E-state index contributed by atoms with van der Waals surface area (Å²) in [4.78, 5) is 64.2. The molecule has 0 aliphatic heterocycles. The molecule has 1 aromatic rings. The molecule has 314 valence electrons. The van der Waals surface area contributed by atoms with Crippen LogP contribution in [-0.2, 0) is 63.1 Å². The van der Waals surface area contributed by atoms with Crippen LogP contribution in [0.1, 0.15) is 31.2 Å². The van der Waals surface area contributed by atoms with Gasteiger partial charge >= 0.3 is 7.60 Å². The zero-order chi connectivity index (χ0) is 40.3. The van der Waals surface area contributed by atoms with Gasteiger partial charge < -0.3 is 59.1 Å². The van der Waals surface area contributed by atoms with Gasteiger partial charge in [-0.2, -0.15) is 0 Å². The minimum absolute atomic E-state index is 0.140. The van der Waals surface area contributed by atoms with Crippen LogP contribution in [0.15, 0.2) is 24.3 Å². The highest BCUT2D eigenvalue weighted by atomic mass is 31.2. The van der Waals surface area contributed by atoms with E-state index in [2.05, 4.69) is 21.3 Å². The molecule has 2 rings (SSSR count). The number of anilines is 1. The van der Waals surface area contributed by atoms with Gasteiger partial charge in [-0.25, -0.2) is 0 Å². The fourth-order valence-corrected chi connectivity index (χ4v) is 6.43. The highest BCUT2D eigenvalue weighted by Gasteiger charge is 2.31. The molecule has 5 N–H and O–H groups in total. The average Bonchev–Trinajstić information content (AvgIpc) is 3.14. The lowest BCUT2D eigenvalue weighted by atomic mass is 9.87. The fourth-order valence-electron chi connectivity index (χ4n) is 5.67. The Bertz CT molecular complexity index is 1270. The molecule has 0 aromatic heterocycles. The number of amides is 4. The van der Waals surface area contributed by atoms with E-state index in [4.69, 9.17) is 32.9 Å². The lowest BCUT2D eigenvalue weighted by Gasteiger charge is -2.30. The molecule has 0 bridgehead atoms. The van der Waals surface area contributed by atoms with Crippen LogP contribution < -0.4 is 21.3 Å². The first kappa shape index (κ1) is 48.1. The van der Waals surface area contributed by atoms with Gasteiger partial charge in [0.1, 0.15) is 0 Å². The Hall–Kier alpha value is -3.03. The standard InChI is InChI=1S/C36H62N5O13P/c1-48-19-22-51-16-13-37-33(42)26-41(27-34(43)38-14-17-52-23-20-49-2)32(36(45)39-15-18-53-24-21-50-3)25-28-5-9-30(10-6-28)40-35(44)29-7-11-31(12-8-29)54-55(4,46)47/h5-6,9-10,29,31-32H,7-8,11-27H2,1-4H3,(H,37,42)(H,38,43)(H,39,45)(H,40,44)(H,46,47). The molecule has 55 heavy (non-hydrogen) atoms. The lowest BCUT2D eigenvalue weighted by molar-refractivity contribution is -0.131. The molecule has 1 saturated carbocycles. The number of ether oxygens (including phenoxy) is 6. The van der Waals surface area contributed by atoms with Crippen molar-refractivity contribution in [2.24, 2.45) is 5.92 Å². The molecule has 1 fully saturated rings. The predicted molar refractivity (Wildman–Crippen MR) is 204 cm³/mol. The van der Waals surface area contributed by atoms with Crippen molar-refractivity contribution >= 4 is 36.9 Å². The molecular weight excluding hydrogens is 741 g/mol. The van der Waals surface area contributed by atoms with Crippen LogP contribution in [0.2, 0.25) is 0 Å². The van der Waals surface area contributed by atoms with Crippen molar-refractivity contribution in [3.8, 4) is 0 Å². The van der Waals surface area contributed by atoms with Gasteiger partial charge in [-0.15, -0.1) is 0 Å². The van der Waals surface area contributed by atoms with Gasteiger partial charge in [0.2, 0.25) is 23.6 Å². The first-order valence-corrected chi connectivity index (χ1v) is 20.6. The van der Waals surface area contributed by atoms with Crippen molar-refractivity contribution in [1.82, 2.24) is 20.9 Å². The number of nitrogens with one attached hydrogen (secondary N) is 4. The second-order valence-electron chi connectivity index (χ2n) is 13.0. The molecule has 2 atom stereocenters. The SMILES string of the molecule is COCCOCCNC(=O)CN(CC(=O)NCCOCCOC)C(Cc1ccc(NC(=O)C2CCC(OP(C)(=O)O)CC2)cc1)C(=O)NCCOCCOC. The van der Waals surface area contributed by atoms with Gasteiger partial charge in [0.05, 0.1) is 84.7 Å². The number of hydrogen-bond acceptors (Lipinski definition) is 13. The largest absolute Gasteiger partial charge is 0.382 e. The highest BCUT2D eigenvalue weighted by molar-refractivity contribution is 7.51. The van der Waals surface area contributed by atoms with Gasteiger partial charge in [-0.1, -0.05) is 12.1 Å². The molecule has 1 aromatic carbocycles. The minimum atomic E-state index is -3.60. The van der Waals surface area contributed by atoms with Crippen molar-refractivity contribution in [3.63, 3.8) is 0 Å². The number of benzene rings is 1. The van der Waals surface area contributed by atoms with Gasteiger partial charge in [0, 0.05) is 59.2 Å². The van der Waals surface area contributed by atoms with Crippen molar-refractivity contribution in [3.05, 3.63) is 29.8 Å². The van der Waals surface area contributed by atoms with Gasteiger partial charge in [-0.3, -0.25) is 28.6 Å². The second-order valence-corrected chi connectivity index (χ2v) is 14.8. The Balaban J connectivity index is 2.17. The molecule has 1 aliphatic rings. The van der Waals surface area contributed by atoms with E-state index in [1.165, 1.54) is 4.90 Å². The Morgan fingerprint density at radius 1 is 0.727 bits per heavy atom. The molecule has 1 aliphatic carbocycles. The summed E-state index contributed by atoms with van der Waals surface area (Å²) in [5.74, 6) is -1.62. The normalized spacial score (nSPS) is 17.3. The van der Waals surface area contributed by atoms with Crippen LogP contribution in [0.25, 0.3) is 0 Å². The smallest absolute Gasteiger partial charge is 0.325 e. The molecule has 0 saturated heterocycles. The number of carbonyl (C=O) groups is 4. The van der Waals surface area contributed by atoms with Crippen LogP contribution in [0.3, 0.4) is 0 Å². The predicted octanol–water partition coefficient (Wildman–Crippen LogP) is 0.566. The number of nitrogens with zero attached hydrogens (tertiary/aromatic N) is 1. The lowest BCUT2D eigenvalue weighted by Crippen LogP contribution is -2.54. The van der Waals surface area contributed by atoms with Gasteiger partial charge in [0.15, 0.2) is 0 Å². The summed E-state index contributed by atoms with van der Waals surface area (Å²) in [6, 6.07) is 6.08. The minimum Gasteiger partial charge on any atom is -0.382 e. The van der Waals surface area contributed by atoms with Crippen LogP contribution in [0, 0.1) is 5.92 Å². The third-order valence-corrected chi connectivity index (χ3v) is 9.14. The Kier molecular flexibility index (Phi) is 24.8. The molecule has 19 heteroatoms. The third kappa shape index (κ3) is 22.3. The summed E-state index contributed by atoms with van der Waals surface area (Å²) < 4.78 is 48.1. The molecule has 0 radical (unpaired) electrons. The quantitative estimate of drug-likeness (QED) is 0.0531. The fraction of sp³-hybridized carbons (Fsp3) is 0.722. The van der Waals surface area contributed by atoms with Crippen LogP contribution in [0.4, 0.5) is 5.69 Å². The number of hydrogen-bond donors (Lipinski definition) is 5. The maximum atomic E-state index is 13.8. The van der Waals surface area contributed by atoms with E-state index >= 15 is 0 Å².